The standard InChI is InChI=1S/C10H12.HO3P/c1-3-9-5-7-10(4-2)8-6-9;1-4(2)3/h3,5-8H,1,4H2,2H3;(H-,1,2,3)/p+1. The van der Waals surface area contributed by atoms with Crippen molar-refractivity contribution in [2.24, 2.45) is 0 Å². The molecule has 0 unspecified atom stereocenters. The Morgan fingerprint density at radius 3 is 2.07 bits per heavy atom. The van der Waals surface area contributed by atoms with Gasteiger partial charge in [-0.25, -0.2) is 0 Å². The van der Waals surface area contributed by atoms with Gasteiger partial charge in [0.15, 0.2) is 0 Å². The first kappa shape index (κ1) is 13.0. The normalized spacial score (nSPS) is 8.50. The van der Waals surface area contributed by atoms with Crippen molar-refractivity contribution in [3.8, 4) is 0 Å². The second kappa shape index (κ2) is 7.39. The Kier molecular flexibility index (Phi) is 6.85. The lowest BCUT2D eigenvalue weighted by atomic mass is 10.1. The van der Waals surface area contributed by atoms with Crippen molar-refractivity contribution in [3.63, 3.8) is 0 Å². The molecular formula is C10H14O3P+. The fourth-order valence-corrected chi connectivity index (χ4v) is 0.889. The molecule has 0 heterocycles. The molecule has 3 nitrogen and oxygen atoms in total. The summed E-state index contributed by atoms with van der Waals surface area (Å²) in [5, 5.41) is 0. The van der Waals surface area contributed by atoms with Crippen LogP contribution in [-0.2, 0) is 11.0 Å². The molecule has 76 valence electrons. The molecule has 1 rings (SSSR count). The van der Waals surface area contributed by atoms with Gasteiger partial charge >= 0.3 is 8.25 Å². The summed E-state index contributed by atoms with van der Waals surface area (Å²) in [5.74, 6) is 0. The van der Waals surface area contributed by atoms with E-state index in [2.05, 4.69) is 37.8 Å². The molecule has 0 saturated heterocycles. The molecule has 14 heavy (non-hydrogen) atoms. The van der Waals surface area contributed by atoms with Crippen LogP contribution in [0.15, 0.2) is 30.8 Å². The topological polar surface area (TPSA) is 57.5 Å². The highest BCUT2D eigenvalue weighted by molar-refractivity contribution is 7.30. The summed E-state index contributed by atoms with van der Waals surface area (Å²) >= 11 is 0. The van der Waals surface area contributed by atoms with Crippen LogP contribution >= 0.6 is 8.25 Å². The summed E-state index contributed by atoms with van der Waals surface area (Å²) in [5.41, 5.74) is 2.57. The highest BCUT2D eigenvalue weighted by Crippen LogP contribution is 2.05. The van der Waals surface area contributed by atoms with E-state index < -0.39 is 8.25 Å². The first-order valence-electron chi connectivity index (χ1n) is 4.16. The van der Waals surface area contributed by atoms with Crippen LogP contribution in [0.2, 0.25) is 0 Å². The van der Waals surface area contributed by atoms with E-state index in [1.807, 2.05) is 6.08 Å². The first-order valence-corrected chi connectivity index (χ1v) is 5.33. The summed E-state index contributed by atoms with van der Waals surface area (Å²) in [6.45, 7) is 5.84. The summed E-state index contributed by atoms with van der Waals surface area (Å²) in [4.78, 5) is 14.2. The Morgan fingerprint density at radius 1 is 1.36 bits per heavy atom. The molecule has 0 atom stereocenters. The summed E-state index contributed by atoms with van der Waals surface area (Å²) in [6, 6.07) is 8.45. The van der Waals surface area contributed by atoms with Crippen LogP contribution < -0.4 is 0 Å². The van der Waals surface area contributed by atoms with Gasteiger partial charge < -0.3 is 0 Å². The van der Waals surface area contributed by atoms with E-state index in [0.29, 0.717) is 0 Å². The average molecular weight is 213 g/mol. The van der Waals surface area contributed by atoms with E-state index in [4.69, 9.17) is 14.4 Å². The van der Waals surface area contributed by atoms with Gasteiger partial charge in [0.05, 0.1) is 0 Å². The number of hydrogen-bond acceptors (Lipinski definition) is 1. The summed E-state index contributed by atoms with van der Waals surface area (Å²) in [7, 11) is -2.87. The third-order valence-electron chi connectivity index (χ3n) is 1.62. The van der Waals surface area contributed by atoms with Crippen molar-refractivity contribution in [3.05, 3.63) is 42.0 Å². The van der Waals surface area contributed by atoms with Crippen LogP contribution in [0.5, 0.6) is 0 Å². The predicted octanol–water partition coefficient (Wildman–Crippen LogP) is 2.52. The Bertz CT molecular complexity index is 289. The van der Waals surface area contributed by atoms with Crippen LogP contribution in [0.1, 0.15) is 18.1 Å². The third-order valence-corrected chi connectivity index (χ3v) is 1.62. The molecule has 1 aromatic rings. The Morgan fingerprint density at radius 2 is 1.79 bits per heavy atom. The zero-order chi connectivity index (χ0) is 11.0. The number of aryl methyl sites for hydroxylation is 1. The molecule has 0 bridgehead atoms. The molecule has 0 amide bonds. The summed E-state index contributed by atoms with van der Waals surface area (Å²) < 4.78 is 8.70. The highest BCUT2D eigenvalue weighted by Gasteiger charge is 1.93. The largest absolute Gasteiger partial charge is 0.692 e. The van der Waals surface area contributed by atoms with Gasteiger partial charge in [0.25, 0.3) is 0 Å². The fraction of sp³-hybridized carbons (Fsp3) is 0.200. The molecule has 2 N–H and O–H groups in total. The van der Waals surface area contributed by atoms with Crippen molar-refractivity contribution in [1.29, 1.82) is 0 Å². The van der Waals surface area contributed by atoms with Gasteiger partial charge in [0.2, 0.25) is 0 Å². The average Bonchev–Trinajstić information content (AvgIpc) is 2.17. The van der Waals surface area contributed by atoms with E-state index in [9.17, 15) is 0 Å². The SMILES string of the molecule is C=Cc1ccc(CC)cc1.O=[P+](O)O. The van der Waals surface area contributed by atoms with Crippen LogP contribution in [0.3, 0.4) is 0 Å². The first-order chi connectivity index (χ1) is 6.60. The predicted molar refractivity (Wildman–Crippen MR) is 58.0 cm³/mol. The Balaban J connectivity index is 0.000000364. The molecule has 0 saturated carbocycles. The maximum absolute atomic E-state index is 8.70. The zero-order valence-corrected chi connectivity index (χ0v) is 8.95. The molecule has 0 spiro atoms. The van der Waals surface area contributed by atoms with Gasteiger partial charge in [-0.15, -0.1) is 9.79 Å². The van der Waals surface area contributed by atoms with Gasteiger partial charge in [0.1, 0.15) is 0 Å². The fourth-order valence-electron chi connectivity index (χ4n) is 0.889. The van der Waals surface area contributed by atoms with E-state index in [-0.39, 0.29) is 0 Å². The minimum atomic E-state index is -2.87. The molecule has 0 aliphatic carbocycles. The molecule has 0 radical (unpaired) electrons. The lowest BCUT2D eigenvalue weighted by Crippen LogP contribution is -1.78. The van der Waals surface area contributed by atoms with Crippen LogP contribution in [0.25, 0.3) is 6.08 Å². The van der Waals surface area contributed by atoms with E-state index in [0.717, 1.165) is 6.42 Å². The molecular weight excluding hydrogens is 199 g/mol. The molecule has 0 fully saturated rings. The van der Waals surface area contributed by atoms with Crippen LogP contribution in [0, 0.1) is 0 Å². The van der Waals surface area contributed by atoms with Crippen molar-refractivity contribution in [1.82, 2.24) is 0 Å². The quantitative estimate of drug-likeness (QED) is 0.742. The van der Waals surface area contributed by atoms with Crippen molar-refractivity contribution in [2.45, 2.75) is 13.3 Å². The van der Waals surface area contributed by atoms with Crippen molar-refractivity contribution >= 4 is 14.3 Å². The van der Waals surface area contributed by atoms with Crippen molar-refractivity contribution < 1.29 is 14.4 Å². The third kappa shape index (κ3) is 6.49. The Hall–Kier alpha value is -1.02. The second-order valence-electron chi connectivity index (χ2n) is 2.55. The molecule has 4 heteroatoms. The molecule has 0 aliphatic rings. The van der Waals surface area contributed by atoms with E-state index >= 15 is 0 Å². The number of hydrogen-bond donors (Lipinski definition) is 2. The zero-order valence-electron chi connectivity index (χ0n) is 8.05. The van der Waals surface area contributed by atoms with E-state index in [1.54, 1.807) is 0 Å². The number of benzene rings is 1. The highest BCUT2D eigenvalue weighted by atomic mass is 31.1. The van der Waals surface area contributed by atoms with Gasteiger partial charge in [0, 0.05) is 4.57 Å². The smallest absolute Gasteiger partial charge is 0.134 e. The van der Waals surface area contributed by atoms with Gasteiger partial charge in [-0.3, -0.25) is 0 Å². The van der Waals surface area contributed by atoms with Crippen LogP contribution in [-0.4, -0.2) is 9.79 Å². The lowest BCUT2D eigenvalue weighted by molar-refractivity contribution is 0.405. The van der Waals surface area contributed by atoms with E-state index in [1.165, 1.54) is 11.1 Å². The minimum absolute atomic E-state index is 1.11. The van der Waals surface area contributed by atoms with Gasteiger partial charge in [-0.2, -0.15) is 0 Å². The van der Waals surface area contributed by atoms with Gasteiger partial charge in [-0.05, 0) is 17.5 Å². The van der Waals surface area contributed by atoms with Crippen LogP contribution in [0.4, 0.5) is 0 Å². The van der Waals surface area contributed by atoms with Crippen molar-refractivity contribution in [2.75, 3.05) is 0 Å². The molecule has 0 aliphatic heterocycles. The maximum Gasteiger partial charge on any atom is 0.692 e. The maximum atomic E-state index is 8.70. The van der Waals surface area contributed by atoms with Gasteiger partial charge in [-0.1, -0.05) is 43.8 Å². The molecule has 0 aromatic heterocycles. The number of rotatable bonds is 2. The monoisotopic (exact) mass is 213 g/mol. The molecule has 1 aromatic carbocycles. The minimum Gasteiger partial charge on any atom is -0.134 e. The lowest BCUT2D eigenvalue weighted by Gasteiger charge is -1.95. The summed E-state index contributed by atoms with van der Waals surface area (Å²) in [6.07, 6.45) is 2.97. The second-order valence-corrected chi connectivity index (χ2v) is 3.06. The Labute approximate surface area is 84.7 Å².